The number of nitrogens with zero attached hydrogens (tertiary/aromatic N) is 1. The van der Waals surface area contributed by atoms with Crippen LogP contribution < -0.4 is 0 Å². The first-order valence-electron chi connectivity index (χ1n) is 4.26. The minimum absolute atomic E-state index is 0.150. The molecule has 0 fully saturated rings. The number of aromatic hydroxyl groups is 1. The molecule has 1 aromatic rings. The van der Waals surface area contributed by atoms with Crippen molar-refractivity contribution in [2.24, 2.45) is 4.99 Å². The van der Waals surface area contributed by atoms with E-state index in [4.69, 9.17) is 4.74 Å². The Balaban J connectivity index is 2.26. The zero-order chi connectivity index (χ0) is 9.26. The van der Waals surface area contributed by atoms with E-state index >= 15 is 0 Å². The molecule has 1 aromatic carbocycles. The predicted molar refractivity (Wildman–Crippen MR) is 50.1 cm³/mol. The number of benzene rings is 1. The lowest BCUT2D eigenvalue weighted by Gasteiger charge is -2.05. The molecular formula is C10H11NO2. The van der Waals surface area contributed by atoms with Crippen LogP contribution in [0.4, 0.5) is 0 Å². The van der Waals surface area contributed by atoms with E-state index in [0.717, 1.165) is 5.56 Å². The van der Waals surface area contributed by atoms with Crippen LogP contribution in [0.25, 0.3) is 0 Å². The molecule has 0 unspecified atom stereocenters. The van der Waals surface area contributed by atoms with Gasteiger partial charge in [0.15, 0.2) is 0 Å². The Bertz CT molecular complexity index is 347. The third-order valence-corrected chi connectivity index (χ3v) is 1.90. The van der Waals surface area contributed by atoms with Crippen LogP contribution in [0.15, 0.2) is 29.3 Å². The molecule has 3 heteroatoms. The van der Waals surface area contributed by atoms with Crippen molar-refractivity contribution >= 4 is 5.90 Å². The van der Waals surface area contributed by atoms with E-state index in [9.17, 15) is 5.11 Å². The van der Waals surface area contributed by atoms with Crippen LogP contribution in [0.1, 0.15) is 12.5 Å². The van der Waals surface area contributed by atoms with Crippen molar-refractivity contribution in [3.05, 3.63) is 29.8 Å². The van der Waals surface area contributed by atoms with Crippen LogP contribution in [0.5, 0.6) is 5.75 Å². The quantitative estimate of drug-likeness (QED) is 0.707. The molecular weight excluding hydrogens is 166 g/mol. The molecule has 0 spiro atoms. The van der Waals surface area contributed by atoms with Gasteiger partial charge in [0.05, 0.1) is 6.54 Å². The van der Waals surface area contributed by atoms with Crippen molar-refractivity contribution in [3.8, 4) is 5.75 Å². The summed E-state index contributed by atoms with van der Waals surface area (Å²) in [6, 6.07) is 6.93. The van der Waals surface area contributed by atoms with Crippen molar-refractivity contribution in [1.29, 1.82) is 0 Å². The van der Waals surface area contributed by atoms with Crippen molar-refractivity contribution in [3.63, 3.8) is 0 Å². The van der Waals surface area contributed by atoms with Crippen molar-refractivity contribution in [2.45, 2.75) is 13.0 Å². The summed E-state index contributed by atoms with van der Waals surface area (Å²) in [5.41, 5.74) is 0.837. The second kappa shape index (κ2) is 3.09. The minimum Gasteiger partial charge on any atom is -0.508 e. The molecule has 1 aliphatic rings. The zero-order valence-corrected chi connectivity index (χ0v) is 7.40. The fourth-order valence-corrected chi connectivity index (χ4v) is 1.27. The van der Waals surface area contributed by atoms with E-state index in [-0.39, 0.29) is 11.9 Å². The van der Waals surface area contributed by atoms with Crippen LogP contribution in [0.2, 0.25) is 0 Å². The summed E-state index contributed by atoms with van der Waals surface area (Å²) < 4.78 is 5.44. The van der Waals surface area contributed by atoms with Crippen molar-refractivity contribution in [1.82, 2.24) is 0 Å². The average Bonchev–Trinajstić information content (AvgIpc) is 2.52. The van der Waals surface area contributed by atoms with E-state index < -0.39 is 0 Å². The fraction of sp³-hybridized carbons (Fsp3) is 0.300. The van der Waals surface area contributed by atoms with Crippen LogP contribution in [-0.2, 0) is 4.74 Å². The van der Waals surface area contributed by atoms with Gasteiger partial charge >= 0.3 is 0 Å². The lowest BCUT2D eigenvalue weighted by atomic mass is 10.2. The summed E-state index contributed by atoms with van der Waals surface area (Å²) >= 11 is 0. The standard InChI is InChI=1S/C10H11NO2/c1-7-6-11-10(13-7)8-3-2-4-9(12)5-8/h2-5,7,12H,6H2,1H3/t7-/m0/s1. The maximum absolute atomic E-state index is 9.23. The molecule has 2 rings (SSSR count). The first-order valence-corrected chi connectivity index (χ1v) is 4.26. The zero-order valence-electron chi connectivity index (χ0n) is 7.40. The lowest BCUT2D eigenvalue weighted by molar-refractivity contribution is 0.246. The molecule has 0 radical (unpaired) electrons. The number of phenolic OH excluding ortho intramolecular Hbond substituents is 1. The van der Waals surface area contributed by atoms with E-state index in [1.165, 1.54) is 0 Å². The molecule has 1 atom stereocenters. The van der Waals surface area contributed by atoms with Gasteiger partial charge in [-0.3, -0.25) is 0 Å². The highest BCUT2D eigenvalue weighted by Crippen LogP contribution is 2.16. The maximum Gasteiger partial charge on any atom is 0.216 e. The minimum atomic E-state index is 0.150. The largest absolute Gasteiger partial charge is 0.508 e. The molecule has 0 amide bonds. The van der Waals surface area contributed by atoms with Gasteiger partial charge in [0.2, 0.25) is 5.90 Å². The predicted octanol–water partition coefficient (Wildman–Crippen LogP) is 1.56. The number of rotatable bonds is 1. The topological polar surface area (TPSA) is 41.8 Å². The summed E-state index contributed by atoms with van der Waals surface area (Å²) in [5, 5.41) is 9.23. The van der Waals surface area contributed by atoms with Crippen LogP contribution in [0.3, 0.4) is 0 Å². The Labute approximate surface area is 76.7 Å². The molecule has 3 nitrogen and oxygen atoms in total. The Morgan fingerprint density at radius 2 is 2.38 bits per heavy atom. The van der Waals surface area contributed by atoms with Crippen LogP contribution in [0, 0.1) is 0 Å². The highest BCUT2D eigenvalue weighted by Gasteiger charge is 2.16. The molecule has 0 saturated heterocycles. The monoisotopic (exact) mass is 177 g/mol. The Kier molecular flexibility index (Phi) is 1.93. The second-order valence-electron chi connectivity index (χ2n) is 3.12. The Morgan fingerprint density at radius 3 is 3.00 bits per heavy atom. The van der Waals surface area contributed by atoms with Crippen LogP contribution >= 0.6 is 0 Å². The SMILES string of the molecule is C[C@H]1CN=C(c2cccc(O)c2)O1. The van der Waals surface area contributed by atoms with Gasteiger partial charge in [-0.1, -0.05) is 6.07 Å². The third kappa shape index (κ3) is 1.64. The number of ether oxygens (including phenoxy) is 1. The smallest absolute Gasteiger partial charge is 0.216 e. The van der Waals surface area contributed by atoms with Crippen molar-refractivity contribution < 1.29 is 9.84 Å². The molecule has 0 aliphatic carbocycles. The molecule has 13 heavy (non-hydrogen) atoms. The first kappa shape index (κ1) is 8.10. The second-order valence-corrected chi connectivity index (χ2v) is 3.12. The summed E-state index contributed by atoms with van der Waals surface area (Å²) in [4.78, 5) is 4.21. The van der Waals surface area contributed by atoms with E-state index in [1.807, 2.05) is 13.0 Å². The van der Waals surface area contributed by atoms with Gasteiger partial charge in [0.25, 0.3) is 0 Å². The molecule has 0 saturated carbocycles. The van der Waals surface area contributed by atoms with E-state index in [0.29, 0.717) is 12.4 Å². The summed E-state index contributed by atoms with van der Waals surface area (Å²) in [7, 11) is 0. The molecule has 0 aromatic heterocycles. The summed E-state index contributed by atoms with van der Waals surface area (Å²) in [6.07, 6.45) is 0.150. The summed E-state index contributed by atoms with van der Waals surface area (Å²) in [5.74, 6) is 0.867. The van der Waals surface area contributed by atoms with Gasteiger partial charge in [-0.2, -0.15) is 0 Å². The maximum atomic E-state index is 9.23. The average molecular weight is 177 g/mol. The van der Waals surface area contributed by atoms with E-state index in [1.54, 1.807) is 18.2 Å². The Morgan fingerprint density at radius 1 is 1.54 bits per heavy atom. The summed E-state index contributed by atoms with van der Waals surface area (Å²) in [6.45, 7) is 2.67. The number of aliphatic imine (C=N–C) groups is 1. The third-order valence-electron chi connectivity index (χ3n) is 1.90. The molecule has 1 heterocycles. The van der Waals surface area contributed by atoms with Gasteiger partial charge in [-0.05, 0) is 25.1 Å². The molecule has 1 aliphatic heterocycles. The van der Waals surface area contributed by atoms with Gasteiger partial charge in [0.1, 0.15) is 11.9 Å². The van der Waals surface area contributed by atoms with Gasteiger partial charge in [-0.25, -0.2) is 4.99 Å². The van der Waals surface area contributed by atoms with Gasteiger partial charge in [-0.15, -0.1) is 0 Å². The number of hydrogen-bond donors (Lipinski definition) is 1. The molecule has 0 bridgehead atoms. The van der Waals surface area contributed by atoms with Gasteiger partial charge < -0.3 is 9.84 Å². The normalized spacial score (nSPS) is 21.0. The number of phenols is 1. The van der Waals surface area contributed by atoms with E-state index in [2.05, 4.69) is 4.99 Å². The highest BCUT2D eigenvalue weighted by molar-refractivity contribution is 5.95. The fourth-order valence-electron chi connectivity index (χ4n) is 1.27. The highest BCUT2D eigenvalue weighted by atomic mass is 16.5. The van der Waals surface area contributed by atoms with Crippen LogP contribution in [-0.4, -0.2) is 23.7 Å². The first-order chi connectivity index (χ1) is 6.25. The van der Waals surface area contributed by atoms with Gasteiger partial charge in [0, 0.05) is 5.56 Å². The molecule has 68 valence electrons. The Hall–Kier alpha value is -1.51. The lowest BCUT2D eigenvalue weighted by Crippen LogP contribution is -2.08. The number of hydrogen-bond acceptors (Lipinski definition) is 3. The van der Waals surface area contributed by atoms with Crippen molar-refractivity contribution in [2.75, 3.05) is 6.54 Å². The molecule has 1 N–H and O–H groups in total.